The van der Waals surface area contributed by atoms with Gasteiger partial charge in [0.05, 0.1) is 5.52 Å². The second-order valence-corrected chi connectivity index (χ2v) is 3.30. The lowest BCUT2D eigenvalue weighted by Gasteiger charge is -1.99. The van der Waals surface area contributed by atoms with E-state index in [2.05, 4.69) is 16.4 Å². The Labute approximate surface area is 88.2 Å². The smallest absolute Gasteiger partial charge is 0.166 e. The molecule has 2 aromatic heterocycles. The summed E-state index contributed by atoms with van der Waals surface area (Å²) in [5.41, 5.74) is 1.38. The van der Waals surface area contributed by atoms with E-state index in [4.69, 9.17) is 5.26 Å². The van der Waals surface area contributed by atoms with Gasteiger partial charge in [-0.3, -0.25) is 0 Å². The summed E-state index contributed by atoms with van der Waals surface area (Å²) in [5.74, 6) is 0.927. The molecule has 0 aromatic carbocycles. The predicted octanol–water partition coefficient (Wildman–Crippen LogP) is 0.968. The molecule has 0 unspecified atom stereocenters. The Morgan fingerprint density at radius 3 is 3.13 bits per heavy atom. The lowest BCUT2D eigenvalue weighted by atomic mass is 10.3. The molecular weight excluding hydrogens is 188 g/mol. The van der Waals surface area contributed by atoms with E-state index < -0.39 is 0 Å². The van der Waals surface area contributed by atoms with Gasteiger partial charge in [0.15, 0.2) is 5.69 Å². The first-order valence-corrected chi connectivity index (χ1v) is 4.87. The Morgan fingerprint density at radius 1 is 1.53 bits per heavy atom. The van der Waals surface area contributed by atoms with E-state index in [0.717, 1.165) is 24.3 Å². The molecule has 0 bridgehead atoms. The summed E-state index contributed by atoms with van der Waals surface area (Å²) in [6.07, 6.45) is 2.76. The molecule has 0 aliphatic rings. The van der Waals surface area contributed by atoms with Crippen LogP contribution in [0.3, 0.4) is 0 Å². The molecule has 0 saturated carbocycles. The Bertz CT molecular complexity index is 507. The molecular formula is C11H12N4. The van der Waals surface area contributed by atoms with Crippen LogP contribution in [0.25, 0.3) is 5.52 Å². The van der Waals surface area contributed by atoms with Crippen LogP contribution in [-0.2, 0) is 6.42 Å². The van der Waals surface area contributed by atoms with E-state index in [0.29, 0.717) is 5.69 Å². The van der Waals surface area contributed by atoms with Gasteiger partial charge in [-0.05, 0) is 19.2 Å². The van der Waals surface area contributed by atoms with Gasteiger partial charge in [-0.25, -0.2) is 4.98 Å². The Kier molecular flexibility index (Phi) is 2.66. The molecule has 0 radical (unpaired) electrons. The quantitative estimate of drug-likeness (QED) is 0.803. The van der Waals surface area contributed by atoms with Crippen LogP contribution in [0, 0.1) is 11.3 Å². The highest BCUT2D eigenvalue weighted by atomic mass is 15.0. The highest BCUT2D eigenvalue weighted by molar-refractivity contribution is 5.58. The van der Waals surface area contributed by atoms with Crippen LogP contribution in [0.1, 0.15) is 11.5 Å². The van der Waals surface area contributed by atoms with E-state index in [1.807, 2.05) is 35.8 Å². The van der Waals surface area contributed by atoms with Crippen LogP contribution in [-0.4, -0.2) is 23.0 Å². The van der Waals surface area contributed by atoms with Gasteiger partial charge in [-0.1, -0.05) is 6.07 Å². The third-order valence-corrected chi connectivity index (χ3v) is 2.33. The number of nitrogens with one attached hydrogen (secondary N) is 1. The van der Waals surface area contributed by atoms with E-state index >= 15 is 0 Å². The van der Waals surface area contributed by atoms with Crippen molar-refractivity contribution in [1.82, 2.24) is 14.7 Å². The van der Waals surface area contributed by atoms with Gasteiger partial charge >= 0.3 is 0 Å². The summed E-state index contributed by atoms with van der Waals surface area (Å²) in [7, 11) is 1.90. The fraction of sp³-hybridized carbons (Fsp3) is 0.273. The minimum absolute atomic E-state index is 0.502. The Morgan fingerprint density at radius 2 is 2.40 bits per heavy atom. The SMILES string of the molecule is CNCCc1nc(C#N)c2ccccn12. The molecule has 0 aliphatic heterocycles. The number of hydrogen-bond acceptors (Lipinski definition) is 3. The van der Waals surface area contributed by atoms with Crippen LogP contribution in [0.15, 0.2) is 24.4 Å². The first-order valence-electron chi connectivity index (χ1n) is 4.87. The van der Waals surface area contributed by atoms with Crippen molar-refractivity contribution in [3.63, 3.8) is 0 Å². The number of fused-ring (bicyclic) bond motifs is 1. The van der Waals surface area contributed by atoms with Gasteiger partial charge in [-0.2, -0.15) is 5.26 Å². The topological polar surface area (TPSA) is 53.1 Å². The molecule has 2 heterocycles. The maximum Gasteiger partial charge on any atom is 0.166 e. The third-order valence-electron chi connectivity index (χ3n) is 2.33. The highest BCUT2D eigenvalue weighted by Crippen LogP contribution is 2.12. The number of rotatable bonds is 3. The van der Waals surface area contributed by atoms with Crippen molar-refractivity contribution in [2.24, 2.45) is 0 Å². The number of likely N-dealkylation sites (N-methyl/N-ethyl adjacent to an activating group) is 1. The third kappa shape index (κ3) is 1.69. The molecule has 0 saturated heterocycles. The predicted molar refractivity (Wildman–Crippen MR) is 57.5 cm³/mol. The van der Waals surface area contributed by atoms with Gasteiger partial charge in [0.25, 0.3) is 0 Å². The summed E-state index contributed by atoms with van der Waals surface area (Å²) in [6.45, 7) is 0.860. The number of nitrogens with zero attached hydrogens (tertiary/aromatic N) is 3. The summed E-state index contributed by atoms with van der Waals surface area (Å²) in [5, 5.41) is 12.0. The van der Waals surface area contributed by atoms with E-state index in [1.165, 1.54) is 0 Å². The molecule has 0 amide bonds. The summed E-state index contributed by atoms with van der Waals surface area (Å²) >= 11 is 0. The number of pyridine rings is 1. The van der Waals surface area contributed by atoms with Crippen LogP contribution < -0.4 is 5.32 Å². The van der Waals surface area contributed by atoms with Crippen molar-refractivity contribution in [1.29, 1.82) is 5.26 Å². The molecule has 76 valence electrons. The molecule has 2 aromatic rings. The molecule has 2 rings (SSSR count). The summed E-state index contributed by atoms with van der Waals surface area (Å²) in [6, 6.07) is 7.89. The maximum atomic E-state index is 8.93. The Hall–Kier alpha value is -1.86. The van der Waals surface area contributed by atoms with Gasteiger partial charge in [0, 0.05) is 19.2 Å². The summed E-state index contributed by atoms with van der Waals surface area (Å²) < 4.78 is 1.97. The standard InChI is InChI=1S/C11H12N4/c1-13-6-5-11-14-9(8-12)10-4-2-3-7-15(10)11/h2-4,7,13H,5-6H2,1H3. The molecule has 15 heavy (non-hydrogen) atoms. The zero-order valence-corrected chi connectivity index (χ0v) is 8.57. The number of aromatic nitrogens is 2. The fourth-order valence-electron chi connectivity index (χ4n) is 1.60. The first kappa shape index (κ1) is 9.69. The highest BCUT2D eigenvalue weighted by Gasteiger charge is 2.08. The minimum Gasteiger partial charge on any atom is -0.319 e. The fourth-order valence-corrected chi connectivity index (χ4v) is 1.60. The van der Waals surface area contributed by atoms with E-state index in [9.17, 15) is 0 Å². The van der Waals surface area contributed by atoms with Crippen molar-refractivity contribution >= 4 is 5.52 Å². The van der Waals surface area contributed by atoms with Crippen LogP contribution in [0.5, 0.6) is 0 Å². The first-order chi connectivity index (χ1) is 7.36. The van der Waals surface area contributed by atoms with Gasteiger partial charge in [-0.15, -0.1) is 0 Å². The molecule has 4 nitrogen and oxygen atoms in total. The molecule has 0 aliphatic carbocycles. The van der Waals surface area contributed by atoms with Crippen LogP contribution in [0.4, 0.5) is 0 Å². The van der Waals surface area contributed by atoms with Crippen molar-refractivity contribution in [2.45, 2.75) is 6.42 Å². The second-order valence-electron chi connectivity index (χ2n) is 3.30. The number of hydrogen-bond donors (Lipinski definition) is 1. The van der Waals surface area contributed by atoms with Gasteiger partial charge in [0.1, 0.15) is 11.9 Å². The molecule has 0 atom stereocenters. The van der Waals surface area contributed by atoms with Crippen molar-refractivity contribution in [3.05, 3.63) is 35.9 Å². The molecule has 0 fully saturated rings. The van der Waals surface area contributed by atoms with E-state index in [-0.39, 0.29) is 0 Å². The van der Waals surface area contributed by atoms with E-state index in [1.54, 1.807) is 0 Å². The van der Waals surface area contributed by atoms with Crippen molar-refractivity contribution in [3.8, 4) is 6.07 Å². The maximum absolute atomic E-state index is 8.93. The van der Waals surface area contributed by atoms with Crippen LogP contribution in [0.2, 0.25) is 0 Å². The zero-order chi connectivity index (χ0) is 10.7. The van der Waals surface area contributed by atoms with Crippen molar-refractivity contribution < 1.29 is 0 Å². The van der Waals surface area contributed by atoms with Gasteiger partial charge < -0.3 is 9.72 Å². The lowest BCUT2D eigenvalue weighted by Crippen LogP contribution is -2.12. The summed E-state index contributed by atoms with van der Waals surface area (Å²) in [4.78, 5) is 4.31. The zero-order valence-electron chi connectivity index (χ0n) is 8.57. The second kappa shape index (κ2) is 4.11. The average Bonchev–Trinajstić information content (AvgIpc) is 2.65. The average molecular weight is 200 g/mol. The van der Waals surface area contributed by atoms with Crippen molar-refractivity contribution in [2.75, 3.05) is 13.6 Å². The monoisotopic (exact) mass is 200 g/mol. The molecule has 4 heteroatoms. The number of imidazole rings is 1. The Balaban J connectivity index is 2.51. The lowest BCUT2D eigenvalue weighted by molar-refractivity contribution is 0.753. The normalized spacial score (nSPS) is 10.4. The molecule has 1 N–H and O–H groups in total. The largest absolute Gasteiger partial charge is 0.319 e. The van der Waals surface area contributed by atoms with Gasteiger partial charge in [0.2, 0.25) is 0 Å². The van der Waals surface area contributed by atoms with Crippen LogP contribution >= 0.6 is 0 Å². The number of nitriles is 1. The minimum atomic E-state index is 0.502. The molecule has 0 spiro atoms.